The first-order chi connectivity index (χ1) is 6.48. The standard InChI is InChI=1S/C9H6BrF2NO/c1-5-3-2-4-6-7(5)14-8(13-6)9(10,11)12/h2-4H,1H3. The maximum absolute atomic E-state index is 12.8. The van der Waals surface area contributed by atoms with Crippen LogP contribution in [0.5, 0.6) is 0 Å². The zero-order valence-corrected chi connectivity index (χ0v) is 8.81. The number of benzene rings is 1. The van der Waals surface area contributed by atoms with Crippen molar-refractivity contribution in [3.05, 3.63) is 29.7 Å². The van der Waals surface area contributed by atoms with E-state index >= 15 is 0 Å². The summed E-state index contributed by atoms with van der Waals surface area (Å²) in [5.41, 5.74) is 1.64. The lowest BCUT2D eigenvalue weighted by molar-refractivity contribution is 0.0823. The summed E-state index contributed by atoms with van der Waals surface area (Å²) in [6.07, 6.45) is 0. The van der Waals surface area contributed by atoms with Gasteiger partial charge in [0.2, 0.25) is 0 Å². The predicted octanol–water partition coefficient (Wildman–Crippen LogP) is 3.58. The van der Waals surface area contributed by atoms with Crippen LogP contribution in [-0.2, 0) is 4.83 Å². The van der Waals surface area contributed by atoms with E-state index in [4.69, 9.17) is 4.42 Å². The number of halogens is 3. The molecule has 0 atom stereocenters. The summed E-state index contributed by atoms with van der Waals surface area (Å²) in [4.78, 5) is 0.471. The Morgan fingerprint density at radius 2 is 2.14 bits per heavy atom. The van der Waals surface area contributed by atoms with E-state index in [1.165, 1.54) is 0 Å². The lowest BCUT2D eigenvalue weighted by Crippen LogP contribution is -2.01. The highest BCUT2D eigenvalue weighted by atomic mass is 79.9. The van der Waals surface area contributed by atoms with Crippen molar-refractivity contribution in [2.24, 2.45) is 0 Å². The molecule has 5 heteroatoms. The molecule has 1 aromatic heterocycles. The number of aromatic nitrogens is 1. The van der Waals surface area contributed by atoms with E-state index < -0.39 is 10.7 Å². The summed E-state index contributed by atoms with van der Waals surface area (Å²) in [7, 11) is 0. The first-order valence-electron chi connectivity index (χ1n) is 3.92. The molecule has 0 unspecified atom stereocenters. The van der Waals surface area contributed by atoms with Gasteiger partial charge < -0.3 is 4.42 Å². The molecular formula is C9H6BrF2NO. The molecule has 0 N–H and O–H groups in total. The lowest BCUT2D eigenvalue weighted by Gasteiger charge is -1.99. The number of fused-ring (bicyclic) bond motifs is 1. The molecule has 14 heavy (non-hydrogen) atoms. The monoisotopic (exact) mass is 261 g/mol. The number of para-hydroxylation sites is 1. The van der Waals surface area contributed by atoms with E-state index in [0.29, 0.717) is 11.1 Å². The Balaban J connectivity index is 2.69. The van der Waals surface area contributed by atoms with Gasteiger partial charge in [0.1, 0.15) is 5.52 Å². The third kappa shape index (κ3) is 1.52. The van der Waals surface area contributed by atoms with Gasteiger partial charge in [0.25, 0.3) is 5.89 Å². The summed E-state index contributed by atoms with van der Waals surface area (Å²) in [6.45, 7) is 1.78. The van der Waals surface area contributed by atoms with Gasteiger partial charge in [-0.25, -0.2) is 4.98 Å². The molecule has 0 fully saturated rings. The molecule has 1 heterocycles. The van der Waals surface area contributed by atoms with Crippen molar-refractivity contribution >= 4 is 27.0 Å². The quantitative estimate of drug-likeness (QED) is 0.734. The molecule has 0 bridgehead atoms. The third-order valence-corrected chi connectivity index (χ3v) is 2.19. The number of rotatable bonds is 1. The minimum absolute atomic E-state index is 0.404. The van der Waals surface area contributed by atoms with Crippen molar-refractivity contribution in [2.75, 3.05) is 0 Å². The Morgan fingerprint density at radius 1 is 1.43 bits per heavy atom. The second-order valence-electron chi connectivity index (χ2n) is 2.94. The van der Waals surface area contributed by atoms with Crippen molar-refractivity contribution in [1.29, 1.82) is 0 Å². The summed E-state index contributed by atoms with van der Waals surface area (Å²) in [6, 6.07) is 5.16. The lowest BCUT2D eigenvalue weighted by atomic mass is 10.2. The SMILES string of the molecule is Cc1cccc2nc(C(F)(F)Br)oc12. The molecule has 0 aliphatic rings. The van der Waals surface area contributed by atoms with Gasteiger partial charge in [-0.15, -0.1) is 0 Å². The Bertz CT molecular complexity index is 475. The van der Waals surface area contributed by atoms with Crippen LogP contribution in [0.4, 0.5) is 8.78 Å². The van der Waals surface area contributed by atoms with Gasteiger partial charge in [-0.05, 0) is 18.6 Å². The maximum Gasteiger partial charge on any atom is 0.375 e. The van der Waals surface area contributed by atoms with Gasteiger partial charge in [-0.3, -0.25) is 0 Å². The van der Waals surface area contributed by atoms with Crippen LogP contribution in [0.25, 0.3) is 11.1 Å². The van der Waals surface area contributed by atoms with Crippen molar-refractivity contribution in [1.82, 2.24) is 4.98 Å². The van der Waals surface area contributed by atoms with Crippen LogP contribution in [0, 0.1) is 6.92 Å². The van der Waals surface area contributed by atoms with Crippen LogP contribution in [-0.4, -0.2) is 4.98 Å². The van der Waals surface area contributed by atoms with Gasteiger partial charge in [-0.2, -0.15) is 8.78 Å². The van der Waals surface area contributed by atoms with Gasteiger partial charge in [0.15, 0.2) is 5.58 Å². The van der Waals surface area contributed by atoms with Crippen LogP contribution in [0.3, 0.4) is 0 Å². The van der Waals surface area contributed by atoms with E-state index in [9.17, 15) is 8.78 Å². The number of alkyl halides is 3. The number of hydrogen-bond acceptors (Lipinski definition) is 2. The van der Waals surface area contributed by atoms with Crippen molar-refractivity contribution in [3.8, 4) is 0 Å². The molecule has 74 valence electrons. The first kappa shape index (κ1) is 9.58. The predicted molar refractivity (Wildman–Crippen MR) is 51.6 cm³/mol. The molecule has 2 aromatic rings. The van der Waals surface area contributed by atoms with Crippen LogP contribution in [0.15, 0.2) is 22.6 Å². The molecule has 0 spiro atoms. The largest absolute Gasteiger partial charge is 0.434 e. The summed E-state index contributed by atoms with van der Waals surface area (Å²) >= 11 is 2.20. The topological polar surface area (TPSA) is 26.0 Å². The van der Waals surface area contributed by atoms with Crippen LogP contribution < -0.4 is 0 Å². The second kappa shape index (κ2) is 3.02. The summed E-state index contributed by atoms with van der Waals surface area (Å²) < 4.78 is 30.5. The molecule has 0 aliphatic carbocycles. The molecule has 2 rings (SSSR count). The highest BCUT2D eigenvalue weighted by Gasteiger charge is 2.33. The van der Waals surface area contributed by atoms with Gasteiger partial charge in [0, 0.05) is 15.9 Å². The third-order valence-electron chi connectivity index (χ3n) is 1.85. The molecule has 2 nitrogen and oxygen atoms in total. The smallest absolute Gasteiger partial charge is 0.375 e. The summed E-state index contributed by atoms with van der Waals surface area (Å²) in [5.74, 6) is -0.609. The van der Waals surface area contributed by atoms with Crippen molar-refractivity contribution in [3.63, 3.8) is 0 Å². The Labute approximate surface area is 87.1 Å². The van der Waals surface area contributed by atoms with Gasteiger partial charge >= 0.3 is 4.83 Å². The average Bonchev–Trinajstić information content (AvgIpc) is 2.48. The Kier molecular flexibility index (Phi) is 2.06. The molecular weight excluding hydrogens is 256 g/mol. The Hall–Kier alpha value is -0.970. The molecule has 0 aliphatic heterocycles. The minimum atomic E-state index is -3.21. The summed E-state index contributed by atoms with van der Waals surface area (Å²) in [5, 5.41) is 0. The second-order valence-corrected chi connectivity index (χ2v) is 3.94. The fraction of sp³-hybridized carbons (Fsp3) is 0.222. The fourth-order valence-corrected chi connectivity index (χ4v) is 1.38. The highest BCUT2D eigenvalue weighted by molar-refractivity contribution is 9.09. The zero-order valence-electron chi connectivity index (χ0n) is 7.22. The van der Waals surface area contributed by atoms with E-state index in [-0.39, 0.29) is 0 Å². The van der Waals surface area contributed by atoms with Crippen molar-refractivity contribution in [2.45, 2.75) is 11.8 Å². The molecule has 0 saturated heterocycles. The number of oxazole rings is 1. The normalized spacial score (nSPS) is 12.3. The van der Waals surface area contributed by atoms with Crippen molar-refractivity contribution < 1.29 is 13.2 Å². The Morgan fingerprint density at radius 3 is 2.71 bits per heavy atom. The minimum Gasteiger partial charge on any atom is -0.434 e. The zero-order chi connectivity index (χ0) is 10.3. The molecule has 0 amide bonds. The molecule has 1 aromatic carbocycles. The van der Waals surface area contributed by atoms with E-state index in [1.807, 2.05) is 0 Å². The van der Waals surface area contributed by atoms with Crippen LogP contribution in [0.2, 0.25) is 0 Å². The number of nitrogens with zero attached hydrogens (tertiary/aromatic N) is 1. The van der Waals surface area contributed by atoms with Gasteiger partial charge in [0.05, 0.1) is 0 Å². The highest BCUT2D eigenvalue weighted by Crippen LogP contribution is 2.35. The van der Waals surface area contributed by atoms with Gasteiger partial charge in [-0.1, -0.05) is 12.1 Å². The van der Waals surface area contributed by atoms with Crippen LogP contribution >= 0.6 is 15.9 Å². The number of aryl methyl sites for hydroxylation is 1. The molecule has 0 saturated carbocycles. The number of hydrogen-bond donors (Lipinski definition) is 0. The van der Waals surface area contributed by atoms with E-state index in [2.05, 4.69) is 20.9 Å². The first-order valence-corrected chi connectivity index (χ1v) is 4.71. The molecule has 0 radical (unpaired) electrons. The van der Waals surface area contributed by atoms with E-state index in [0.717, 1.165) is 5.56 Å². The average molecular weight is 262 g/mol. The van der Waals surface area contributed by atoms with E-state index in [1.54, 1.807) is 25.1 Å². The fourth-order valence-electron chi connectivity index (χ4n) is 1.21. The van der Waals surface area contributed by atoms with Crippen LogP contribution in [0.1, 0.15) is 11.5 Å². The maximum atomic E-state index is 12.8.